The van der Waals surface area contributed by atoms with Crippen molar-refractivity contribution in [2.45, 2.75) is 20.4 Å². The number of thiophene rings is 1. The van der Waals surface area contributed by atoms with Gasteiger partial charge in [-0.05, 0) is 29.3 Å². The molecule has 12 heavy (non-hydrogen) atoms. The Bertz CT molecular complexity index is 243. The Kier molecular flexibility index (Phi) is 3.29. The van der Waals surface area contributed by atoms with E-state index in [1.165, 1.54) is 5.56 Å². The lowest BCUT2D eigenvalue weighted by Gasteiger charge is -2.17. The van der Waals surface area contributed by atoms with Gasteiger partial charge in [0.2, 0.25) is 5.91 Å². The van der Waals surface area contributed by atoms with E-state index in [9.17, 15) is 4.79 Å². The van der Waals surface area contributed by atoms with Crippen LogP contribution in [0.3, 0.4) is 0 Å². The van der Waals surface area contributed by atoms with Crippen molar-refractivity contribution in [3.8, 4) is 0 Å². The molecule has 0 unspecified atom stereocenters. The van der Waals surface area contributed by atoms with E-state index in [2.05, 4.69) is 11.4 Å². The van der Waals surface area contributed by atoms with Crippen LogP contribution in [0.15, 0.2) is 16.8 Å². The van der Waals surface area contributed by atoms with Gasteiger partial charge in [-0.2, -0.15) is 11.3 Å². The van der Waals surface area contributed by atoms with Crippen LogP contribution in [0.25, 0.3) is 0 Å². The molecule has 0 fully saturated rings. The Morgan fingerprint density at radius 3 is 2.83 bits per heavy atom. The van der Waals surface area contributed by atoms with Crippen LogP contribution >= 0.6 is 11.3 Å². The van der Waals surface area contributed by atoms with Crippen LogP contribution in [0.5, 0.6) is 0 Å². The summed E-state index contributed by atoms with van der Waals surface area (Å²) in [6.07, 6.45) is 0. The predicted octanol–water partition coefficient (Wildman–Crippen LogP) is 2.12. The summed E-state index contributed by atoms with van der Waals surface area (Å²) in [4.78, 5) is 12.9. The molecule has 0 saturated heterocycles. The summed E-state index contributed by atoms with van der Waals surface area (Å²) < 4.78 is 0. The maximum absolute atomic E-state index is 11.0. The fourth-order valence-electron chi connectivity index (χ4n) is 1.05. The van der Waals surface area contributed by atoms with Crippen molar-refractivity contribution in [3.05, 3.63) is 22.4 Å². The summed E-state index contributed by atoms with van der Waals surface area (Å²) in [6.45, 7) is 5.13. The highest BCUT2D eigenvalue weighted by atomic mass is 32.1. The van der Waals surface area contributed by atoms with Crippen LogP contribution in [0.1, 0.15) is 19.4 Å². The molecule has 1 heterocycles. The maximum Gasteiger partial charge on any atom is 0.219 e. The van der Waals surface area contributed by atoms with Gasteiger partial charge >= 0.3 is 0 Å². The second-order valence-electron chi connectivity index (χ2n) is 2.66. The Hall–Kier alpha value is -0.830. The molecule has 0 spiro atoms. The fraction of sp³-hybridized carbons (Fsp3) is 0.444. The van der Waals surface area contributed by atoms with Crippen LogP contribution in [0.2, 0.25) is 0 Å². The number of carbonyl (C=O) groups is 1. The van der Waals surface area contributed by atoms with E-state index in [1.807, 2.05) is 17.2 Å². The number of carbonyl (C=O) groups excluding carboxylic acids is 1. The first-order valence-electron chi connectivity index (χ1n) is 4.00. The summed E-state index contributed by atoms with van der Waals surface area (Å²) in [5.74, 6) is 0.142. The molecule has 66 valence electrons. The molecule has 2 nitrogen and oxygen atoms in total. The van der Waals surface area contributed by atoms with Crippen molar-refractivity contribution in [2.24, 2.45) is 0 Å². The molecule has 0 bridgehead atoms. The zero-order chi connectivity index (χ0) is 8.97. The zero-order valence-electron chi connectivity index (χ0n) is 7.41. The Labute approximate surface area is 76.8 Å². The van der Waals surface area contributed by atoms with Gasteiger partial charge in [-0.15, -0.1) is 0 Å². The SMILES string of the molecule is CCN(Cc1ccsc1)C(C)=O. The van der Waals surface area contributed by atoms with E-state index >= 15 is 0 Å². The smallest absolute Gasteiger partial charge is 0.219 e. The minimum atomic E-state index is 0.142. The Morgan fingerprint density at radius 2 is 2.42 bits per heavy atom. The molecule has 0 radical (unpaired) electrons. The monoisotopic (exact) mass is 183 g/mol. The molecule has 1 aromatic rings. The van der Waals surface area contributed by atoms with Gasteiger partial charge in [0.1, 0.15) is 0 Å². The number of amides is 1. The maximum atomic E-state index is 11.0. The average Bonchev–Trinajstić information content (AvgIpc) is 2.51. The normalized spacial score (nSPS) is 9.83. The van der Waals surface area contributed by atoms with E-state index in [1.54, 1.807) is 18.3 Å². The lowest BCUT2D eigenvalue weighted by Crippen LogP contribution is -2.27. The first kappa shape index (κ1) is 9.26. The van der Waals surface area contributed by atoms with Gasteiger partial charge in [0.05, 0.1) is 0 Å². The van der Waals surface area contributed by atoms with E-state index in [0.717, 1.165) is 13.1 Å². The van der Waals surface area contributed by atoms with E-state index in [-0.39, 0.29) is 5.91 Å². The highest BCUT2D eigenvalue weighted by molar-refractivity contribution is 7.07. The van der Waals surface area contributed by atoms with Crippen molar-refractivity contribution in [1.29, 1.82) is 0 Å². The molecule has 1 amide bonds. The standard InChI is InChI=1S/C9H13NOS/c1-3-10(8(2)11)6-9-4-5-12-7-9/h4-5,7H,3,6H2,1-2H3. The minimum absolute atomic E-state index is 0.142. The molecule has 1 rings (SSSR count). The molecule has 0 saturated carbocycles. The quantitative estimate of drug-likeness (QED) is 0.703. The largest absolute Gasteiger partial charge is 0.339 e. The minimum Gasteiger partial charge on any atom is -0.339 e. The molecule has 0 aliphatic rings. The van der Waals surface area contributed by atoms with E-state index in [4.69, 9.17) is 0 Å². The fourth-order valence-corrected chi connectivity index (χ4v) is 1.71. The Balaban J connectivity index is 2.54. The third-order valence-electron chi connectivity index (χ3n) is 1.78. The van der Waals surface area contributed by atoms with Crippen LogP contribution in [-0.4, -0.2) is 17.4 Å². The van der Waals surface area contributed by atoms with Crippen molar-refractivity contribution >= 4 is 17.2 Å². The van der Waals surface area contributed by atoms with Crippen LogP contribution < -0.4 is 0 Å². The summed E-state index contributed by atoms with van der Waals surface area (Å²) in [6, 6.07) is 2.05. The van der Waals surface area contributed by atoms with Crippen LogP contribution in [0.4, 0.5) is 0 Å². The van der Waals surface area contributed by atoms with Crippen LogP contribution in [0, 0.1) is 0 Å². The van der Waals surface area contributed by atoms with E-state index in [0.29, 0.717) is 0 Å². The highest BCUT2D eigenvalue weighted by Gasteiger charge is 2.05. The number of rotatable bonds is 3. The van der Waals surface area contributed by atoms with Gasteiger partial charge in [-0.25, -0.2) is 0 Å². The molecule has 1 aromatic heterocycles. The third kappa shape index (κ3) is 2.34. The Morgan fingerprint density at radius 1 is 1.67 bits per heavy atom. The summed E-state index contributed by atoms with van der Waals surface area (Å²) >= 11 is 1.67. The van der Waals surface area contributed by atoms with Crippen molar-refractivity contribution < 1.29 is 4.79 Å². The molecular formula is C9H13NOS. The summed E-state index contributed by atoms with van der Waals surface area (Å²) in [5, 5.41) is 4.11. The van der Waals surface area contributed by atoms with Gasteiger partial charge in [0, 0.05) is 20.0 Å². The number of hydrogen-bond donors (Lipinski definition) is 0. The molecule has 0 aliphatic heterocycles. The number of nitrogens with zero attached hydrogens (tertiary/aromatic N) is 1. The second kappa shape index (κ2) is 4.26. The van der Waals surface area contributed by atoms with Crippen LogP contribution in [-0.2, 0) is 11.3 Å². The predicted molar refractivity (Wildman–Crippen MR) is 51.1 cm³/mol. The average molecular weight is 183 g/mol. The molecule has 0 N–H and O–H groups in total. The summed E-state index contributed by atoms with van der Waals surface area (Å²) in [5.41, 5.74) is 1.22. The highest BCUT2D eigenvalue weighted by Crippen LogP contribution is 2.09. The molecule has 0 atom stereocenters. The number of hydrogen-bond acceptors (Lipinski definition) is 2. The van der Waals surface area contributed by atoms with Gasteiger partial charge in [-0.3, -0.25) is 4.79 Å². The topological polar surface area (TPSA) is 20.3 Å². The lowest BCUT2D eigenvalue weighted by molar-refractivity contribution is -0.129. The van der Waals surface area contributed by atoms with Crippen molar-refractivity contribution in [2.75, 3.05) is 6.54 Å². The molecule has 0 aromatic carbocycles. The first-order valence-corrected chi connectivity index (χ1v) is 4.95. The van der Waals surface area contributed by atoms with Gasteiger partial charge in [0.15, 0.2) is 0 Å². The molecular weight excluding hydrogens is 170 g/mol. The summed E-state index contributed by atoms with van der Waals surface area (Å²) in [7, 11) is 0. The van der Waals surface area contributed by atoms with Crippen molar-refractivity contribution in [1.82, 2.24) is 4.90 Å². The molecule has 3 heteroatoms. The zero-order valence-corrected chi connectivity index (χ0v) is 8.23. The van der Waals surface area contributed by atoms with Gasteiger partial charge < -0.3 is 4.90 Å². The third-order valence-corrected chi connectivity index (χ3v) is 2.51. The van der Waals surface area contributed by atoms with E-state index < -0.39 is 0 Å². The van der Waals surface area contributed by atoms with Gasteiger partial charge in [-0.1, -0.05) is 0 Å². The second-order valence-corrected chi connectivity index (χ2v) is 3.44. The molecule has 0 aliphatic carbocycles. The van der Waals surface area contributed by atoms with Gasteiger partial charge in [0.25, 0.3) is 0 Å². The van der Waals surface area contributed by atoms with Crippen molar-refractivity contribution in [3.63, 3.8) is 0 Å². The first-order chi connectivity index (χ1) is 5.74. The lowest BCUT2D eigenvalue weighted by atomic mass is 10.3.